The Morgan fingerprint density at radius 2 is 1.85 bits per heavy atom. The number of amides is 1. The lowest BCUT2D eigenvalue weighted by Crippen LogP contribution is -2.31. The van der Waals surface area contributed by atoms with Gasteiger partial charge in [0.15, 0.2) is 15.3 Å². The molecule has 2 rings (SSSR count). The van der Waals surface area contributed by atoms with Gasteiger partial charge in [-0.2, -0.15) is 0 Å². The highest BCUT2D eigenvalue weighted by Crippen LogP contribution is 2.17. The van der Waals surface area contributed by atoms with Crippen molar-refractivity contribution in [3.05, 3.63) is 62.6 Å². The van der Waals surface area contributed by atoms with E-state index >= 15 is 0 Å². The molecule has 0 bridgehead atoms. The number of H-pyrrole nitrogens is 1. The van der Waals surface area contributed by atoms with E-state index in [2.05, 4.69) is 10.3 Å². The van der Waals surface area contributed by atoms with Crippen LogP contribution in [0.1, 0.15) is 52.6 Å². The number of benzene rings is 1. The van der Waals surface area contributed by atoms with E-state index in [-0.39, 0.29) is 28.4 Å². The molecular weight excluding hydrogens is 352 g/mol. The van der Waals surface area contributed by atoms with Gasteiger partial charge in [0.1, 0.15) is 5.56 Å². The minimum Gasteiger partial charge on any atom is -0.361 e. The van der Waals surface area contributed by atoms with Crippen molar-refractivity contribution in [1.82, 2.24) is 10.3 Å². The standard InChI is InChI=1S/C19H24N2O4S/c1-11(2)18-17(15(22)9-13(4)21-18)19(23)20-10-14-6-7-16(12(3)8-14)26(5,24)25/h6-9,11H,10H2,1-5H3,(H,20,23)(H,21,22). The molecule has 2 aromatic rings. The second-order valence-corrected chi connectivity index (χ2v) is 8.80. The molecule has 0 fully saturated rings. The fourth-order valence-corrected chi connectivity index (χ4v) is 3.85. The number of pyridine rings is 1. The highest BCUT2D eigenvalue weighted by atomic mass is 32.2. The minimum atomic E-state index is -3.28. The predicted octanol–water partition coefficient (Wildman–Crippen LogP) is 2.45. The smallest absolute Gasteiger partial charge is 0.257 e. The molecule has 26 heavy (non-hydrogen) atoms. The van der Waals surface area contributed by atoms with Crippen LogP contribution in [-0.4, -0.2) is 25.6 Å². The Bertz CT molecular complexity index is 1000. The summed E-state index contributed by atoms with van der Waals surface area (Å²) in [6, 6.07) is 6.32. The Kier molecular flexibility index (Phi) is 5.71. The van der Waals surface area contributed by atoms with Crippen molar-refractivity contribution in [1.29, 1.82) is 0 Å². The van der Waals surface area contributed by atoms with E-state index in [1.165, 1.54) is 12.1 Å². The molecule has 1 aromatic heterocycles. The van der Waals surface area contributed by atoms with Gasteiger partial charge < -0.3 is 10.3 Å². The van der Waals surface area contributed by atoms with Crippen molar-refractivity contribution in [3.8, 4) is 0 Å². The normalized spacial score (nSPS) is 11.6. The van der Waals surface area contributed by atoms with Gasteiger partial charge in [0.2, 0.25) is 0 Å². The molecule has 0 unspecified atom stereocenters. The van der Waals surface area contributed by atoms with E-state index in [1.807, 2.05) is 13.8 Å². The maximum absolute atomic E-state index is 12.6. The molecule has 0 saturated heterocycles. The lowest BCUT2D eigenvalue weighted by Gasteiger charge is -2.14. The van der Waals surface area contributed by atoms with Gasteiger partial charge in [0.25, 0.3) is 5.91 Å². The maximum atomic E-state index is 12.6. The van der Waals surface area contributed by atoms with Crippen LogP contribution in [0.4, 0.5) is 0 Å². The molecule has 7 heteroatoms. The molecule has 0 radical (unpaired) electrons. The number of aromatic nitrogens is 1. The first kappa shape index (κ1) is 19.9. The highest BCUT2D eigenvalue weighted by molar-refractivity contribution is 7.90. The molecule has 0 saturated carbocycles. The van der Waals surface area contributed by atoms with Crippen LogP contribution < -0.4 is 10.7 Å². The zero-order chi connectivity index (χ0) is 19.6. The Hall–Kier alpha value is -2.41. The van der Waals surface area contributed by atoms with E-state index in [4.69, 9.17) is 0 Å². The van der Waals surface area contributed by atoms with Gasteiger partial charge in [-0.3, -0.25) is 9.59 Å². The van der Waals surface area contributed by atoms with Crippen molar-refractivity contribution < 1.29 is 13.2 Å². The van der Waals surface area contributed by atoms with Gasteiger partial charge in [0.05, 0.1) is 4.90 Å². The predicted molar refractivity (Wildman–Crippen MR) is 101 cm³/mol. The monoisotopic (exact) mass is 376 g/mol. The summed E-state index contributed by atoms with van der Waals surface area (Å²) >= 11 is 0. The topological polar surface area (TPSA) is 96.1 Å². The molecule has 2 N–H and O–H groups in total. The average molecular weight is 376 g/mol. The lowest BCUT2D eigenvalue weighted by atomic mass is 10.0. The lowest BCUT2D eigenvalue weighted by molar-refractivity contribution is 0.0948. The van der Waals surface area contributed by atoms with Crippen LogP contribution in [0.2, 0.25) is 0 Å². The molecule has 0 atom stereocenters. The Balaban J connectivity index is 2.25. The summed E-state index contributed by atoms with van der Waals surface area (Å²) in [6.45, 7) is 7.52. The summed E-state index contributed by atoms with van der Waals surface area (Å²) in [6.07, 6.45) is 1.16. The molecule has 6 nitrogen and oxygen atoms in total. The fraction of sp³-hybridized carbons (Fsp3) is 0.368. The SMILES string of the molecule is Cc1cc(=O)c(C(=O)NCc2ccc(S(C)(=O)=O)c(C)c2)c(C(C)C)[nH]1. The van der Waals surface area contributed by atoms with Crippen molar-refractivity contribution in [2.75, 3.05) is 6.26 Å². The molecule has 0 aliphatic rings. The van der Waals surface area contributed by atoms with E-state index < -0.39 is 15.7 Å². The van der Waals surface area contributed by atoms with Crippen LogP contribution in [0.25, 0.3) is 0 Å². The van der Waals surface area contributed by atoms with Crippen molar-refractivity contribution in [2.45, 2.75) is 45.1 Å². The molecule has 0 aliphatic carbocycles. The number of carbonyl (C=O) groups excluding carboxylic acids is 1. The van der Waals surface area contributed by atoms with Crippen LogP contribution >= 0.6 is 0 Å². The number of nitrogens with one attached hydrogen (secondary N) is 2. The van der Waals surface area contributed by atoms with Gasteiger partial charge in [-0.15, -0.1) is 0 Å². The third-order valence-electron chi connectivity index (χ3n) is 4.09. The number of sulfone groups is 1. The third-order valence-corrected chi connectivity index (χ3v) is 5.35. The van der Waals surface area contributed by atoms with Crippen molar-refractivity contribution in [3.63, 3.8) is 0 Å². The van der Waals surface area contributed by atoms with E-state index in [0.29, 0.717) is 17.0 Å². The first-order chi connectivity index (χ1) is 12.0. The Morgan fingerprint density at radius 1 is 1.19 bits per heavy atom. The summed E-state index contributed by atoms with van der Waals surface area (Å²) < 4.78 is 23.3. The molecule has 140 valence electrons. The van der Waals surface area contributed by atoms with Crippen molar-refractivity contribution >= 4 is 15.7 Å². The van der Waals surface area contributed by atoms with Gasteiger partial charge in [0, 0.05) is 30.3 Å². The molecule has 0 spiro atoms. The summed E-state index contributed by atoms with van der Waals surface area (Å²) in [5.41, 5.74) is 2.51. The van der Waals surface area contributed by atoms with Gasteiger partial charge in [-0.1, -0.05) is 26.0 Å². The van der Waals surface area contributed by atoms with Crippen LogP contribution in [0.15, 0.2) is 34.0 Å². The Morgan fingerprint density at radius 3 is 2.38 bits per heavy atom. The first-order valence-corrected chi connectivity index (χ1v) is 10.2. The van der Waals surface area contributed by atoms with Crippen LogP contribution in [-0.2, 0) is 16.4 Å². The van der Waals surface area contributed by atoms with Crippen molar-refractivity contribution in [2.24, 2.45) is 0 Å². The second-order valence-electron chi connectivity index (χ2n) is 6.81. The van der Waals surface area contributed by atoms with E-state index in [0.717, 1.165) is 11.8 Å². The summed E-state index contributed by atoms with van der Waals surface area (Å²) in [7, 11) is -3.28. The average Bonchev–Trinajstić information content (AvgIpc) is 2.50. The molecule has 1 heterocycles. The molecule has 1 aromatic carbocycles. The molecule has 1 amide bonds. The molecule has 0 aliphatic heterocycles. The number of carbonyl (C=O) groups is 1. The second kappa shape index (κ2) is 7.45. The van der Waals surface area contributed by atoms with E-state index in [1.54, 1.807) is 26.0 Å². The largest absolute Gasteiger partial charge is 0.361 e. The van der Waals surface area contributed by atoms with Crippen LogP contribution in [0, 0.1) is 13.8 Å². The van der Waals surface area contributed by atoms with Gasteiger partial charge in [-0.25, -0.2) is 8.42 Å². The quantitative estimate of drug-likeness (QED) is 0.838. The zero-order valence-electron chi connectivity index (χ0n) is 15.6. The van der Waals surface area contributed by atoms with Crippen LogP contribution in [0.3, 0.4) is 0 Å². The number of hydrogen-bond acceptors (Lipinski definition) is 4. The van der Waals surface area contributed by atoms with E-state index in [9.17, 15) is 18.0 Å². The summed E-state index contributed by atoms with van der Waals surface area (Å²) in [5, 5.41) is 2.75. The highest BCUT2D eigenvalue weighted by Gasteiger charge is 2.19. The number of aryl methyl sites for hydroxylation is 2. The Labute approximate surface area is 153 Å². The zero-order valence-corrected chi connectivity index (χ0v) is 16.5. The van der Waals surface area contributed by atoms with Gasteiger partial charge in [-0.05, 0) is 37.0 Å². The third kappa shape index (κ3) is 4.40. The van der Waals surface area contributed by atoms with Gasteiger partial charge >= 0.3 is 0 Å². The molecular formula is C19H24N2O4S. The summed E-state index contributed by atoms with van der Waals surface area (Å²) in [4.78, 5) is 28.2. The first-order valence-electron chi connectivity index (χ1n) is 8.32. The van der Waals surface area contributed by atoms with Crippen LogP contribution in [0.5, 0.6) is 0 Å². The maximum Gasteiger partial charge on any atom is 0.257 e. The number of rotatable bonds is 5. The fourth-order valence-electron chi connectivity index (χ4n) is 2.89. The number of hydrogen-bond donors (Lipinski definition) is 2. The summed E-state index contributed by atoms with van der Waals surface area (Å²) in [5.74, 6) is -0.445. The minimum absolute atomic E-state index is 0.000335. The number of aromatic amines is 1.